The first-order valence-electron chi connectivity index (χ1n) is 9.43. The molecule has 0 bridgehead atoms. The maximum Gasteiger partial charge on any atom is 0.260 e. The zero-order valence-corrected chi connectivity index (χ0v) is 16.6. The zero-order valence-electron chi connectivity index (χ0n) is 15.8. The molecule has 2 heterocycles. The standard InChI is InChI=1S/C22H24N2O2S/c1-15-10-16(2)12-18(11-15)26-14-21(25)24-9-5-6-17(13-24)22-23-19-7-3-4-8-20(19)27-22/h3-4,7-8,10-12,17H,5-6,9,13-14H2,1-2H3/t17-/m0/s1. The van der Waals surface area contributed by atoms with Crippen molar-refractivity contribution in [3.05, 3.63) is 58.6 Å². The molecule has 4 nitrogen and oxygen atoms in total. The third-order valence-electron chi connectivity index (χ3n) is 4.99. The Kier molecular flexibility index (Phi) is 5.12. The van der Waals surface area contributed by atoms with E-state index in [9.17, 15) is 4.79 Å². The maximum absolute atomic E-state index is 12.7. The Bertz CT molecular complexity index is 913. The molecule has 4 rings (SSSR count). The summed E-state index contributed by atoms with van der Waals surface area (Å²) < 4.78 is 6.98. The molecule has 1 aliphatic heterocycles. The fraction of sp³-hybridized carbons (Fsp3) is 0.364. The highest BCUT2D eigenvalue weighted by molar-refractivity contribution is 7.18. The van der Waals surface area contributed by atoms with Crippen LogP contribution in [0.4, 0.5) is 0 Å². The number of rotatable bonds is 4. The highest BCUT2D eigenvalue weighted by Gasteiger charge is 2.27. The number of hydrogen-bond donors (Lipinski definition) is 0. The Labute approximate surface area is 163 Å². The van der Waals surface area contributed by atoms with Gasteiger partial charge < -0.3 is 9.64 Å². The molecule has 1 fully saturated rings. The fourth-order valence-corrected chi connectivity index (χ4v) is 4.82. The molecule has 0 aliphatic carbocycles. The lowest BCUT2D eigenvalue weighted by molar-refractivity contribution is -0.134. The van der Waals surface area contributed by atoms with Crippen LogP contribution >= 0.6 is 11.3 Å². The fourth-order valence-electron chi connectivity index (χ4n) is 3.72. The first kappa shape index (κ1) is 18.0. The van der Waals surface area contributed by atoms with Crippen LogP contribution in [0.1, 0.15) is 34.9 Å². The molecular formula is C22H24N2O2S. The summed E-state index contributed by atoms with van der Waals surface area (Å²) in [6.07, 6.45) is 2.09. The van der Waals surface area contributed by atoms with Crippen molar-refractivity contribution in [1.82, 2.24) is 9.88 Å². The molecule has 0 unspecified atom stereocenters. The van der Waals surface area contributed by atoms with Crippen molar-refractivity contribution < 1.29 is 9.53 Å². The van der Waals surface area contributed by atoms with Crippen molar-refractivity contribution >= 4 is 27.5 Å². The molecule has 27 heavy (non-hydrogen) atoms. The number of benzene rings is 2. The molecular weight excluding hydrogens is 356 g/mol. The molecule has 1 aromatic heterocycles. The Balaban J connectivity index is 1.40. The molecule has 1 aliphatic rings. The van der Waals surface area contributed by atoms with Gasteiger partial charge in [-0.25, -0.2) is 4.98 Å². The monoisotopic (exact) mass is 380 g/mol. The lowest BCUT2D eigenvalue weighted by Gasteiger charge is -2.31. The van der Waals surface area contributed by atoms with Crippen molar-refractivity contribution in [3.8, 4) is 5.75 Å². The van der Waals surface area contributed by atoms with Gasteiger partial charge in [0.15, 0.2) is 6.61 Å². The minimum Gasteiger partial charge on any atom is -0.484 e. The van der Waals surface area contributed by atoms with Gasteiger partial charge in [-0.1, -0.05) is 18.2 Å². The third kappa shape index (κ3) is 4.14. The van der Waals surface area contributed by atoms with Gasteiger partial charge in [-0.3, -0.25) is 4.79 Å². The zero-order chi connectivity index (χ0) is 18.8. The second-order valence-electron chi connectivity index (χ2n) is 7.31. The number of aryl methyl sites for hydroxylation is 2. The number of likely N-dealkylation sites (tertiary alicyclic amines) is 1. The number of piperidine rings is 1. The van der Waals surface area contributed by atoms with E-state index >= 15 is 0 Å². The van der Waals surface area contributed by atoms with E-state index in [1.165, 1.54) is 4.70 Å². The summed E-state index contributed by atoms with van der Waals surface area (Å²) in [5.74, 6) is 1.14. The minimum absolute atomic E-state index is 0.0555. The predicted molar refractivity (Wildman–Crippen MR) is 110 cm³/mol. The highest BCUT2D eigenvalue weighted by Crippen LogP contribution is 2.33. The number of carbonyl (C=O) groups is 1. The average Bonchev–Trinajstić information content (AvgIpc) is 3.10. The summed E-state index contributed by atoms with van der Waals surface area (Å²) in [5, 5.41) is 1.14. The van der Waals surface area contributed by atoms with Crippen LogP contribution in [0.15, 0.2) is 42.5 Å². The number of nitrogens with zero attached hydrogens (tertiary/aromatic N) is 2. The smallest absolute Gasteiger partial charge is 0.260 e. The van der Waals surface area contributed by atoms with Crippen LogP contribution in [0.25, 0.3) is 10.2 Å². The average molecular weight is 381 g/mol. The van der Waals surface area contributed by atoms with Crippen LogP contribution < -0.4 is 4.74 Å². The van der Waals surface area contributed by atoms with Crippen LogP contribution in [0.2, 0.25) is 0 Å². The van der Waals surface area contributed by atoms with Gasteiger partial charge in [0.05, 0.1) is 15.2 Å². The number of carbonyl (C=O) groups excluding carboxylic acids is 1. The van der Waals surface area contributed by atoms with E-state index in [0.29, 0.717) is 5.92 Å². The van der Waals surface area contributed by atoms with Gasteiger partial charge in [0.1, 0.15) is 5.75 Å². The third-order valence-corrected chi connectivity index (χ3v) is 6.19. The van der Waals surface area contributed by atoms with Crippen molar-refractivity contribution in [1.29, 1.82) is 0 Å². The van der Waals surface area contributed by atoms with Crippen LogP contribution in [0.5, 0.6) is 5.75 Å². The van der Waals surface area contributed by atoms with Gasteiger partial charge in [-0.15, -0.1) is 11.3 Å². The van der Waals surface area contributed by atoms with E-state index in [1.54, 1.807) is 11.3 Å². The summed E-state index contributed by atoms with van der Waals surface area (Å²) in [7, 11) is 0. The first-order chi connectivity index (χ1) is 13.1. The number of hydrogen-bond acceptors (Lipinski definition) is 4. The van der Waals surface area contributed by atoms with Gasteiger partial charge in [0.2, 0.25) is 0 Å². The number of para-hydroxylation sites is 1. The summed E-state index contributed by atoms with van der Waals surface area (Å²) in [5.41, 5.74) is 3.34. The largest absolute Gasteiger partial charge is 0.484 e. The maximum atomic E-state index is 12.7. The van der Waals surface area contributed by atoms with Gasteiger partial charge in [-0.05, 0) is 62.1 Å². The molecule has 0 spiro atoms. The molecule has 5 heteroatoms. The molecule has 1 amide bonds. The van der Waals surface area contributed by atoms with Gasteiger partial charge >= 0.3 is 0 Å². The van der Waals surface area contributed by atoms with Crippen LogP contribution in [0, 0.1) is 13.8 Å². The SMILES string of the molecule is Cc1cc(C)cc(OCC(=O)N2CCC[C@H](c3nc4ccccc4s3)C2)c1. The quantitative estimate of drug-likeness (QED) is 0.659. The Hall–Kier alpha value is -2.40. The Morgan fingerprint density at radius 2 is 2.00 bits per heavy atom. The number of ether oxygens (including phenoxy) is 1. The normalized spacial score (nSPS) is 17.3. The number of aromatic nitrogens is 1. The minimum atomic E-state index is 0.0555. The molecule has 140 valence electrons. The molecule has 0 saturated carbocycles. The van der Waals surface area contributed by atoms with Gasteiger partial charge in [0, 0.05) is 19.0 Å². The summed E-state index contributed by atoms with van der Waals surface area (Å²) in [6, 6.07) is 14.3. The van der Waals surface area contributed by atoms with E-state index in [4.69, 9.17) is 9.72 Å². The van der Waals surface area contributed by atoms with Crippen molar-refractivity contribution in [3.63, 3.8) is 0 Å². The molecule has 1 saturated heterocycles. The summed E-state index contributed by atoms with van der Waals surface area (Å²) >= 11 is 1.75. The molecule has 3 aromatic rings. The van der Waals surface area contributed by atoms with Crippen molar-refractivity contribution in [2.24, 2.45) is 0 Å². The highest BCUT2D eigenvalue weighted by atomic mass is 32.1. The van der Waals surface area contributed by atoms with E-state index in [1.807, 2.05) is 43.0 Å². The summed E-state index contributed by atoms with van der Waals surface area (Å²) in [6.45, 7) is 5.70. The predicted octanol–water partition coefficient (Wildman–Crippen LogP) is 4.70. The first-order valence-corrected chi connectivity index (χ1v) is 10.2. The van der Waals surface area contributed by atoms with Crippen LogP contribution in [-0.4, -0.2) is 35.5 Å². The van der Waals surface area contributed by atoms with Crippen molar-refractivity contribution in [2.75, 3.05) is 19.7 Å². The molecule has 0 radical (unpaired) electrons. The molecule has 1 atom stereocenters. The second kappa shape index (κ2) is 7.69. The molecule has 0 N–H and O–H groups in total. The van der Waals surface area contributed by atoms with E-state index in [0.717, 1.165) is 53.3 Å². The van der Waals surface area contributed by atoms with Crippen molar-refractivity contribution in [2.45, 2.75) is 32.6 Å². The Morgan fingerprint density at radius 1 is 1.22 bits per heavy atom. The molecule has 2 aromatic carbocycles. The Morgan fingerprint density at radius 3 is 2.78 bits per heavy atom. The van der Waals surface area contributed by atoms with Gasteiger partial charge in [0.25, 0.3) is 5.91 Å². The van der Waals surface area contributed by atoms with Crippen LogP contribution in [0.3, 0.4) is 0 Å². The second-order valence-corrected chi connectivity index (χ2v) is 8.37. The van der Waals surface area contributed by atoms with E-state index in [-0.39, 0.29) is 12.5 Å². The van der Waals surface area contributed by atoms with Gasteiger partial charge in [-0.2, -0.15) is 0 Å². The lowest BCUT2D eigenvalue weighted by atomic mass is 9.99. The number of fused-ring (bicyclic) bond motifs is 1. The van der Waals surface area contributed by atoms with E-state index < -0.39 is 0 Å². The number of thiazole rings is 1. The van der Waals surface area contributed by atoms with E-state index in [2.05, 4.69) is 18.2 Å². The lowest BCUT2D eigenvalue weighted by Crippen LogP contribution is -2.41. The number of amides is 1. The van der Waals surface area contributed by atoms with Crippen LogP contribution in [-0.2, 0) is 4.79 Å². The summed E-state index contributed by atoms with van der Waals surface area (Å²) in [4.78, 5) is 19.4. The topological polar surface area (TPSA) is 42.4 Å².